The van der Waals surface area contributed by atoms with Gasteiger partial charge < -0.3 is 35.2 Å². The third-order valence-electron chi connectivity index (χ3n) is 14.0. The molecule has 3 saturated heterocycles. The Morgan fingerprint density at radius 2 is 1.22 bits per heavy atom. The fourth-order valence-corrected chi connectivity index (χ4v) is 9.96. The van der Waals surface area contributed by atoms with Gasteiger partial charge in [0.25, 0.3) is 11.8 Å². The minimum Gasteiger partial charge on any atom is -0.493 e. The summed E-state index contributed by atoms with van der Waals surface area (Å²) < 4.78 is 36.7. The molecule has 410 valence electrons. The number of fused-ring (bicyclic) bond motifs is 4. The molecule has 0 aliphatic carbocycles. The van der Waals surface area contributed by atoms with Gasteiger partial charge >= 0.3 is 23.8 Å². The number of hydrogen-bond donors (Lipinski definition) is 4. The number of alkyl halides is 2. The molecule has 3 aromatic carbocycles. The predicted molar refractivity (Wildman–Crippen MR) is 272 cm³/mol. The van der Waals surface area contributed by atoms with E-state index in [0.29, 0.717) is 102 Å². The summed E-state index contributed by atoms with van der Waals surface area (Å²) in [5.74, 6) is -10.5. The van der Waals surface area contributed by atoms with Crippen LogP contribution in [0.25, 0.3) is 32.7 Å². The van der Waals surface area contributed by atoms with Gasteiger partial charge in [-0.1, -0.05) is 41.6 Å². The second-order valence-corrected chi connectivity index (χ2v) is 19.3. The topological polar surface area (TPSA) is 285 Å². The number of carboxylic acid groups (broad SMARTS) is 3. The highest BCUT2D eigenvalue weighted by Crippen LogP contribution is 2.35. The second-order valence-electron chi connectivity index (χ2n) is 19.3. The summed E-state index contributed by atoms with van der Waals surface area (Å²) in [6.45, 7) is 2.77. The van der Waals surface area contributed by atoms with E-state index in [1.165, 1.54) is 18.3 Å². The van der Waals surface area contributed by atoms with E-state index in [2.05, 4.69) is 25.5 Å². The summed E-state index contributed by atoms with van der Waals surface area (Å²) in [7, 11) is 0. The van der Waals surface area contributed by atoms with Crippen LogP contribution in [0.2, 0.25) is 0 Å². The number of likely N-dealkylation sites (tertiary alicyclic amines) is 1. The number of carbonyl (C=O) groups excluding carboxylic acids is 5. The number of halogens is 2. The Kier molecular flexibility index (Phi) is 18.0. The van der Waals surface area contributed by atoms with Crippen molar-refractivity contribution in [1.82, 2.24) is 59.6 Å². The second kappa shape index (κ2) is 25.0. The number of aromatic nitrogens is 4. The van der Waals surface area contributed by atoms with Gasteiger partial charge in [0, 0.05) is 114 Å². The number of benzene rings is 3. The third-order valence-corrected chi connectivity index (χ3v) is 14.0. The van der Waals surface area contributed by atoms with Gasteiger partial charge in [-0.05, 0) is 30.7 Å². The van der Waals surface area contributed by atoms with Crippen molar-refractivity contribution in [3.63, 3.8) is 0 Å². The van der Waals surface area contributed by atoms with Gasteiger partial charge in [-0.25, -0.2) is 8.78 Å². The zero-order valence-corrected chi connectivity index (χ0v) is 42.2. The van der Waals surface area contributed by atoms with E-state index >= 15 is 0 Å². The van der Waals surface area contributed by atoms with E-state index in [0.717, 1.165) is 5.39 Å². The minimum atomic E-state index is -3.48. The summed E-state index contributed by atoms with van der Waals surface area (Å²) in [5.41, 5.74) is 1.08. The zero-order chi connectivity index (χ0) is 54.8. The lowest BCUT2D eigenvalue weighted by Crippen LogP contribution is -2.53. The molecule has 8 rings (SSSR count). The molecule has 0 radical (unpaired) electrons. The molecule has 3 amide bonds. The number of carbonyl (C=O) groups is 8. The molecule has 4 N–H and O–H groups in total. The molecule has 24 nitrogen and oxygen atoms in total. The number of Topliss-reactive ketones (excluding diaryl/α,β-unsaturated/α-hetero) is 1. The Morgan fingerprint density at radius 3 is 1.83 bits per heavy atom. The maximum atomic E-state index is 14.8. The van der Waals surface area contributed by atoms with Crippen LogP contribution >= 0.6 is 0 Å². The van der Waals surface area contributed by atoms with Crippen molar-refractivity contribution in [2.45, 2.75) is 24.8 Å². The number of amides is 3. The summed E-state index contributed by atoms with van der Waals surface area (Å²) in [5, 5.41) is 40.5. The first-order valence-corrected chi connectivity index (χ1v) is 25.3. The minimum absolute atomic E-state index is 0.0495. The molecule has 1 atom stereocenters. The Bertz CT molecular complexity index is 2990. The lowest BCUT2D eigenvalue weighted by atomic mass is 10.0. The molecule has 3 fully saturated rings. The van der Waals surface area contributed by atoms with E-state index < -0.39 is 72.9 Å². The van der Waals surface area contributed by atoms with Crippen LogP contribution in [0.1, 0.15) is 28.0 Å². The number of hydrogen-bond acceptors (Lipinski definition) is 17. The van der Waals surface area contributed by atoms with Crippen LogP contribution in [-0.4, -0.2) is 260 Å². The van der Waals surface area contributed by atoms with Crippen molar-refractivity contribution < 1.29 is 67.2 Å². The average molecular weight is 1070 g/mol. The van der Waals surface area contributed by atoms with Crippen LogP contribution in [-0.2, 0) is 28.8 Å². The first-order chi connectivity index (χ1) is 36.9. The molecule has 77 heavy (non-hydrogen) atoms. The molecule has 1 unspecified atom stereocenters. The summed E-state index contributed by atoms with van der Waals surface area (Å²) in [6, 6.07) is 15.0. The quantitative estimate of drug-likeness (QED) is 0.0525. The van der Waals surface area contributed by atoms with Gasteiger partial charge in [0.05, 0.1) is 62.5 Å². The van der Waals surface area contributed by atoms with E-state index in [1.807, 2.05) is 29.2 Å². The van der Waals surface area contributed by atoms with Gasteiger partial charge in [0.15, 0.2) is 0 Å². The number of pyridine rings is 1. The van der Waals surface area contributed by atoms with Crippen molar-refractivity contribution >= 4 is 80.0 Å². The molecule has 3 aliphatic rings. The van der Waals surface area contributed by atoms with Crippen LogP contribution in [0, 0.1) is 0 Å². The molecule has 0 bridgehead atoms. The van der Waals surface area contributed by atoms with Crippen LogP contribution in [0.3, 0.4) is 0 Å². The fraction of sp³-hybridized carbons (Fsp3) is 0.471. The van der Waals surface area contributed by atoms with Gasteiger partial charge in [0.2, 0.25) is 17.6 Å². The van der Waals surface area contributed by atoms with Gasteiger partial charge in [-0.2, -0.15) is 4.68 Å². The highest BCUT2D eigenvalue weighted by molar-refractivity contribution is 6.40. The van der Waals surface area contributed by atoms with E-state index in [-0.39, 0.29) is 76.0 Å². The van der Waals surface area contributed by atoms with Crippen molar-refractivity contribution in [1.29, 1.82) is 0 Å². The van der Waals surface area contributed by atoms with Crippen molar-refractivity contribution in [3.05, 3.63) is 72.4 Å². The number of carboxylic acids is 3. The van der Waals surface area contributed by atoms with E-state index in [9.17, 15) is 62.5 Å². The molecule has 3 aliphatic heterocycles. The number of aliphatic carboxylic acids is 3. The number of nitrogens with zero attached hydrogens (tertiary/aromatic N) is 11. The smallest absolute Gasteiger partial charge is 0.318 e. The predicted octanol–water partition coefficient (Wildman–Crippen LogP) is 0.397. The highest BCUT2D eigenvalue weighted by atomic mass is 19.3. The fourth-order valence-electron chi connectivity index (χ4n) is 9.96. The number of nitrogens with one attached hydrogen (secondary N) is 1. The molecule has 26 heteroatoms. The van der Waals surface area contributed by atoms with Gasteiger partial charge in [0.1, 0.15) is 17.3 Å². The largest absolute Gasteiger partial charge is 0.493 e. The van der Waals surface area contributed by atoms with E-state index in [1.54, 1.807) is 43.9 Å². The van der Waals surface area contributed by atoms with Crippen molar-refractivity contribution in [2.24, 2.45) is 0 Å². The molecule has 2 aromatic heterocycles. The number of piperazine rings is 1. The lowest BCUT2D eigenvalue weighted by molar-refractivity contribution is -0.141. The number of rotatable bonds is 18. The first kappa shape index (κ1) is 55.6. The summed E-state index contributed by atoms with van der Waals surface area (Å²) >= 11 is 0. The number of ketones is 1. The Balaban J connectivity index is 0.849. The monoisotopic (exact) mass is 1070 g/mol. The summed E-state index contributed by atoms with van der Waals surface area (Å²) in [4.78, 5) is 119. The molecule has 5 aromatic rings. The Morgan fingerprint density at radius 1 is 0.662 bits per heavy atom. The maximum Gasteiger partial charge on any atom is 0.318 e. The molecule has 0 spiro atoms. The third kappa shape index (κ3) is 14.2. The van der Waals surface area contributed by atoms with Crippen molar-refractivity contribution in [2.75, 3.05) is 131 Å². The van der Waals surface area contributed by atoms with Crippen LogP contribution in [0.15, 0.2) is 66.9 Å². The first-order valence-electron chi connectivity index (χ1n) is 25.3. The Hall–Kier alpha value is -7.65. The Labute approximate surface area is 439 Å². The zero-order valence-electron chi connectivity index (χ0n) is 42.2. The average Bonchev–Trinajstić information content (AvgIpc) is 4.06. The molecular weight excluding hydrogens is 1010 g/mol. The number of ether oxygens (including phenoxy) is 1. The standard InChI is InChI=1S/C51H60F2N12O12/c52-51(53)27-40(48(74)50(76)65-39-9-4-3-8-38(39)56-57-65)64(33-51)42(66)28-55-49(75)36-10-11-54-47-35-7-2-1-6-34(35)41(26-37(36)47)77-25-5-12-58-21-23-63(24-22-58)43(67)29-59-13-15-60(30-44(68)69)17-19-62(32-46(72)73)20-18-61(16-14-59)31-45(70)71/h1-4,6-11,26,40H,5,12-25,27-33H2,(H,55,75)(H,68,69)(H,70,71)(H,72,73). The molecule has 5 heterocycles. The molecular formula is C51H60F2N12O12. The van der Waals surface area contributed by atoms with Gasteiger partial charge in [-0.3, -0.25) is 67.8 Å². The van der Waals surface area contributed by atoms with E-state index in [4.69, 9.17) is 4.74 Å². The number of para-hydroxylation sites is 1. The van der Waals surface area contributed by atoms with Crippen LogP contribution in [0.5, 0.6) is 5.75 Å². The van der Waals surface area contributed by atoms with Crippen LogP contribution < -0.4 is 10.1 Å². The summed E-state index contributed by atoms with van der Waals surface area (Å²) in [6.07, 6.45) is 0.948. The highest BCUT2D eigenvalue weighted by Gasteiger charge is 2.51. The van der Waals surface area contributed by atoms with Crippen molar-refractivity contribution in [3.8, 4) is 5.75 Å². The lowest BCUT2D eigenvalue weighted by Gasteiger charge is -2.37. The SMILES string of the molecule is O=C(O)CN1CCN(CC(=O)O)CCN(CC(=O)N2CCN(CCCOc3cc4c(C(=O)NCC(=O)N5CC(F)(F)CC5C(=O)C(=O)n5nnc6ccccc65)ccnc4c4ccccc34)CC2)CCN(CC(=O)O)CC1. The van der Waals surface area contributed by atoms with Gasteiger partial charge in [-0.15, -0.1) is 5.10 Å². The maximum absolute atomic E-state index is 14.8. The van der Waals surface area contributed by atoms with Crippen LogP contribution in [0.4, 0.5) is 8.78 Å². The molecule has 0 saturated carbocycles. The normalized spacial score (nSPS) is 18.7.